The normalized spacial score (nSPS) is 19.2. The Morgan fingerprint density at radius 3 is 2.53 bits per heavy atom. The van der Waals surface area contributed by atoms with Crippen LogP contribution in [0.1, 0.15) is 37.7 Å². The molecule has 1 aromatic rings. The third kappa shape index (κ3) is 3.21. The van der Waals surface area contributed by atoms with Gasteiger partial charge in [0.25, 0.3) is 0 Å². The predicted molar refractivity (Wildman–Crippen MR) is 71.1 cm³/mol. The Morgan fingerprint density at radius 1 is 1.18 bits per heavy atom. The van der Waals surface area contributed by atoms with Gasteiger partial charge in [-0.15, -0.1) is 0 Å². The Bertz CT molecular complexity index is 361. The van der Waals surface area contributed by atoms with Gasteiger partial charge >= 0.3 is 0 Å². The molecule has 1 aliphatic carbocycles. The highest BCUT2D eigenvalue weighted by molar-refractivity contribution is 6.31. The average molecular weight is 254 g/mol. The molecule has 0 radical (unpaired) electrons. The van der Waals surface area contributed by atoms with Crippen LogP contribution in [-0.2, 0) is 11.3 Å². The van der Waals surface area contributed by atoms with Gasteiger partial charge in [-0.1, -0.05) is 49.1 Å². The fourth-order valence-electron chi connectivity index (χ4n) is 2.45. The summed E-state index contributed by atoms with van der Waals surface area (Å²) in [4.78, 5) is 0. The summed E-state index contributed by atoms with van der Waals surface area (Å²) in [6, 6.07) is 7.83. The fourth-order valence-corrected chi connectivity index (χ4v) is 2.64. The van der Waals surface area contributed by atoms with Gasteiger partial charge in [0.1, 0.15) is 0 Å². The third-order valence-electron chi connectivity index (χ3n) is 3.63. The molecule has 2 N–H and O–H groups in total. The summed E-state index contributed by atoms with van der Waals surface area (Å²) in [6.07, 6.45) is 5.90. The van der Waals surface area contributed by atoms with Crippen LogP contribution in [0.15, 0.2) is 24.3 Å². The lowest BCUT2D eigenvalue weighted by atomic mass is 9.84. The molecular weight excluding hydrogens is 234 g/mol. The molecule has 0 atom stereocenters. The summed E-state index contributed by atoms with van der Waals surface area (Å²) in [6.45, 7) is 1.17. The maximum atomic E-state index is 6.12. The summed E-state index contributed by atoms with van der Waals surface area (Å²) in [7, 11) is 0. The number of nitrogens with two attached hydrogens (primary N) is 1. The van der Waals surface area contributed by atoms with Crippen LogP contribution in [0.5, 0.6) is 0 Å². The molecule has 0 aliphatic heterocycles. The lowest BCUT2D eigenvalue weighted by Gasteiger charge is -2.36. The minimum atomic E-state index is -0.114. The number of rotatable bonds is 4. The maximum absolute atomic E-state index is 6.12. The summed E-state index contributed by atoms with van der Waals surface area (Å²) in [5, 5.41) is 0.774. The number of hydrogen-bond acceptors (Lipinski definition) is 2. The fraction of sp³-hybridized carbons (Fsp3) is 0.571. The molecule has 0 heterocycles. The first kappa shape index (κ1) is 12.9. The first-order chi connectivity index (χ1) is 8.26. The second-order valence-electron chi connectivity index (χ2n) is 4.83. The lowest BCUT2D eigenvalue weighted by molar-refractivity contribution is -0.0733. The van der Waals surface area contributed by atoms with E-state index >= 15 is 0 Å². The molecule has 1 aromatic carbocycles. The Kier molecular flexibility index (Phi) is 4.43. The molecule has 17 heavy (non-hydrogen) atoms. The lowest BCUT2D eigenvalue weighted by Crippen LogP contribution is -2.42. The zero-order valence-corrected chi connectivity index (χ0v) is 10.9. The first-order valence-corrected chi connectivity index (χ1v) is 6.71. The minimum Gasteiger partial charge on any atom is -0.369 e. The molecule has 1 fully saturated rings. The van der Waals surface area contributed by atoms with Crippen LogP contribution >= 0.6 is 11.6 Å². The second kappa shape index (κ2) is 5.85. The van der Waals surface area contributed by atoms with Gasteiger partial charge < -0.3 is 10.5 Å². The van der Waals surface area contributed by atoms with Crippen molar-refractivity contribution < 1.29 is 4.74 Å². The van der Waals surface area contributed by atoms with Gasteiger partial charge in [0.15, 0.2) is 0 Å². The topological polar surface area (TPSA) is 35.2 Å². The molecule has 0 spiro atoms. The number of hydrogen-bond donors (Lipinski definition) is 1. The molecular formula is C14H20ClNO. The van der Waals surface area contributed by atoms with Crippen molar-refractivity contribution in [2.45, 2.75) is 44.3 Å². The molecule has 0 aromatic heterocycles. The van der Waals surface area contributed by atoms with Crippen LogP contribution in [0.2, 0.25) is 5.02 Å². The number of halogens is 1. The summed E-state index contributed by atoms with van der Waals surface area (Å²) in [5.41, 5.74) is 6.82. The smallest absolute Gasteiger partial charge is 0.0808 e. The van der Waals surface area contributed by atoms with E-state index in [4.69, 9.17) is 22.1 Å². The SMILES string of the molecule is NCC1(OCc2ccccc2Cl)CCCCC1. The maximum Gasteiger partial charge on any atom is 0.0808 e. The molecule has 94 valence electrons. The molecule has 0 amide bonds. The van der Waals surface area contributed by atoms with Crippen LogP contribution in [0, 0.1) is 0 Å². The van der Waals surface area contributed by atoms with Crippen LogP contribution in [0.4, 0.5) is 0 Å². The summed E-state index contributed by atoms with van der Waals surface area (Å²) < 4.78 is 6.08. The average Bonchev–Trinajstić information content (AvgIpc) is 2.39. The molecule has 2 nitrogen and oxygen atoms in total. The summed E-state index contributed by atoms with van der Waals surface area (Å²) in [5.74, 6) is 0. The van der Waals surface area contributed by atoms with Crippen LogP contribution in [-0.4, -0.2) is 12.1 Å². The van der Waals surface area contributed by atoms with Crippen molar-refractivity contribution in [3.63, 3.8) is 0 Å². The Balaban J connectivity index is 1.98. The molecule has 0 bridgehead atoms. The Hall–Kier alpha value is -0.570. The zero-order valence-electron chi connectivity index (χ0n) is 10.1. The highest BCUT2D eigenvalue weighted by Crippen LogP contribution is 2.32. The van der Waals surface area contributed by atoms with Crippen LogP contribution in [0.3, 0.4) is 0 Å². The Labute approximate surface area is 108 Å². The van der Waals surface area contributed by atoms with E-state index in [1.165, 1.54) is 19.3 Å². The van der Waals surface area contributed by atoms with Gasteiger partial charge in [-0.3, -0.25) is 0 Å². The third-order valence-corrected chi connectivity index (χ3v) is 4.00. The van der Waals surface area contributed by atoms with E-state index in [2.05, 4.69) is 0 Å². The van der Waals surface area contributed by atoms with Crippen LogP contribution in [0.25, 0.3) is 0 Å². The number of benzene rings is 1. The molecule has 0 unspecified atom stereocenters. The van der Waals surface area contributed by atoms with Crippen molar-refractivity contribution in [3.8, 4) is 0 Å². The van der Waals surface area contributed by atoms with Gasteiger partial charge in [0.05, 0.1) is 12.2 Å². The highest BCUT2D eigenvalue weighted by atomic mass is 35.5. The molecule has 3 heteroatoms. The van der Waals surface area contributed by atoms with Crippen LogP contribution < -0.4 is 5.73 Å². The van der Waals surface area contributed by atoms with Crippen molar-refractivity contribution in [3.05, 3.63) is 34.9 Å². The van der Waals surface area contributed by atoms with Crippen molar-refractivity contribution >= 4 is 11.6 Å². The second-order valence-corrected chi connectivity index (χ2v) is 5.24. The largest absolute Gasteiger partial charge is 0.369 e. The molecule has 1 aliphatic rings. The Morgan fingerprint density at radius 2 is 1.88 bits per heavy atom. The molecule has 1 saturated carbocycles. The van der Waals surface area contributed by atoms with E-state index in [-0.39, 0.29) is 5.60 Å². The van der Waals surface area contributed by atoms with Gasteiger partial charge in [-0.05, 0) is 24.5 Å². The van der Waals surface area contributed by atoms with Gasteiger partial charge in [0.2, 0.25) is 0 Å². The van der Waals surface area contributed by atoms with Gasteiger partial charge in [-0.2, -0.15) is 0 Å². The molecule has 0 saturated heterocycles. The first-order valence-electron chi connectivity index (χ1n) is 6.33. The van der Waals surface area contributed by atoms with E-state index in [1.807, 2.05) is 24.3 Å². The standard InChI is InChI=1S/C14H20ClNO/c15-13-7-3-2-6-12(13)10-17-14(11-16)8-4-1-5-9-14/h2-3,6-7H,1,4-5,8-11,16H2. The van der Waals surface area contributed by atoms with Gasteiger partial charge in [-0.25, -0.2) is 0 Å². The van der Waals surface area contributed by atoms with E-state index in [0.29, 0.717) is 13.2 Å². The monoisotopic (exact) mass is 253 g/mol. The minimum absolute atomic E-state index is 0.114. The van der Waals surface area contributed by atoms with E-state index in [1.54, 1.807) is 0 Å². The van der Waals surface area contributed by atoms with E-state index < -0.39 is 0 Å². The quantitative estimate of drug-likeness (QED) is 0.891. The van der Waals surface area contributed by atoms with E-state index in [0.717, 1.165) is 23.4 Å². The zero-order chi connectivity index (χ0) is 12.1. The number of ether oxygens (including phenoxy) is 1. The van der Waals surface area contributed by atoms with Crippen molar-refractivity contribution in [1.82, 2.24) is 0 Å². The van der Waals surface area contributed by atoms with Crippen molar-refractivity contribution in [2.75, 3.05) is 6.54 Å². The summed E-state index contributed by atoms with van der Waals surface area (Å²) >= 11 is 6.12. The van der Waals surface area contributed by atoms with Crippen molar-refractivity contribution in [2.24, 2.45) is 5.73 Å². The van der Waals surface area contributed by atoms with Gasteiger partial charge in [0, 0.05) is 11.6 Å². The highest BCUT2D eigenvalue weighted by Gasteiger charge is 2.31. The molecule has 2 rings (SSSR count). The van der Waals surface area contributed by atoms with Crippen molar-refractivity contribution in [1.29, 1.82) is 0 Å². The van der Waals surface area contributed by atoms with E-state index in [9.17, 15) is 0 Å². The predicted octanol–water partition coefficient (Wildman–Crippen LogP) is 3.52.